The standard InChI is InChI=1S/Cu.5H2O.P/h;5*1H2;/q+2;;;;;;+3/p-5. The van der Waals surface area contributed by atoms with Crippen LogP contribution in [0.5, 0.6) is 0 Å². The van der Waals surface area contributed by atoms with Crippen molar-refractivity contribution in [3.05, 3.63) is 0 Å². The van der Waals surface area contributed by atoms with E-state index in [1.807, 2.05) is 0 Å². The minimum atomic E-state index is 0. The van der Waals surface area contributed by atoms with Crippen LogP contribution in [0.1, 0.15) is 0 Å². The van der Waals surface area contributed by atoms with Gasteiger partial charge >= 0.3 is 27.0 Å². The molecule has 0 aromatic rings. The van der Waals surface area contributed by atoms with Crippen LogP contribution in [0.2, 0.25) is 0 Å². The molecule has 0 heterocycles. The second-order valence-corrected chi connectivity index (χ2v) is 0. The number of hydrogen-bond acceptors (Lipinski definition) is 5. The topological polar surface area (TPSA) is 150 Å². The van der Waals surface area contributed by atoms with Gasteiger partial charge in [0.25, 0.3) is 0 Å². The molecule has 0 saturated carbocycles. The van der Waals surface area contributed by atoms with E-state index in [-0.39, 0.29) is 54.3 Å². The number of rotatable bonds is 0. The number of hydrogen-bond donors (Lipinski definition) is 0. The maximum absolute atomic E-state index is 0. The van der Waals surface area contributed by atoms with Crippen LogP contribution in [0.3, 0.4) is 0 Å². The van der Waals surface area contributed by atoms with Gasteiger partial charge in [-0.25, -0.2) is 0 Å². The van der Waals surface area contributed by atoms with Gasteiger partial charge in [0.05, 0.1) is 0 Å². The zero-order valence-electron chi connectivity index (χ0n) is 2.98. The van der Waals surface area contributed by atoms with Gasteiger partial charge in [-0.1, -0.05) is 0 Å². The molecular formula is H5CuO5P. The summed E-state index contributed by atoms with van der Waals surface area (Å²) in [5, 5.41) is 0. The maximum atomic E-state index is 0. The summed E-state index contributed by atoms with van der Waals surface area (Å²) in [6.07, 6.45) is 0. The summed E-state index contributed by atoms with van der Waals surface area (Å²) in [7, 11) is 0. The molecule has 0 bridgehead atoms. The third-order valence-electron chi connectivity index (χ3n) is 0. The molecule has 0 aliphatic rings. The minimum Gasteiger partial charge on any atom is -0.870 e. The van der Waals surface area contributed by atoms with Gasteiger partial charge in [0, 0.05) is 0 Å². The van der Waals surface area contributed by atoms with Gasteiger partial charge in [-0.05, 0) is 0 Å². The van der Waals surface area contributed by atoms with Gasteiger partial charge in [-0.15, -0.1) is 0 Å². The Hall–Kier alpha value is 0.749. The van der Waals surface area contributed by atoms with E-state index in [9.17, 15) is 0 Å². The van der Waals surface area contributed by atoms with Crippen molar-refractivity contribution in [2.45, 2.75) is 0 Å². The van der Waals surface area contributed by atoms with Crippen LogP contribution in [-0.4, -0.2) is 27.4 Å². The SMILES string of the molecule is [Cu+2].[OH-].[OH-].[OH-].[OH-].[OH-].[P+3]. The molecule has 0 fully saturated rings. The van der Waals surface area contributed by atoms with Crippen molar-refractivity contribution in [2.24, 2.45) is 0 Å². The fraction of sp³-hybridized carbons (Fsp3) is 0. The molecule has 0 rings (SSSR count). The molecule has 3 radical (unpaired) electrons. The second-order valence-electron chi connectivity index (χ2n) is 0. The van der Waals surface area contributed by atoms with Crippen molar-refractivity contribution in [3.63, 3.8) is 0 Å². The third-order valence-corrected chi connectivity index (χ3v) is 0. The predicted molar refractivity (Wildman–Crippen MR) is 16.6 cm³/mol. The minimum absolute atomic E-state index is 0. The van der Waals surface area contributed by atoms with Crippen molar-refractivity contribution in [2.75, 3.05) is 0 Å². The molecule has 0 aliphatic carbocycles. The zero-order valence-corrected chi connectivity index (χ0v) is 4.82. The quantitative estimate of drug-likeness (QED) is 0.378. The van der Waals surface area contributed by atoms with Crippen molar-refractivity contribution in [1.82, 2.24) is 0 Å². The van der Waals surface area contributed by atoms with Gasteiger partial charge < -0.3 is 27.4 Å². The summed E-state index contributed by atoms with van der Waals surface area (Å²) in [6.45, 7) is 0. The van der Waals surface area contributed by atoms with E-state index in [0.29, 0.717) is 0 Å². The Morgan fingerprint density at radius 1 is 0.429 bits per heavy atom. The molecule has 0 atom stereocenters. The normalized spacial score (nSPS) is 0. The molecular weight excluding hydrogens is 175 g/mol. The van der Waals surface area contributed by atoms with E-state index >= 15 is 0 Å². The van der Waals surface area contributed by atoms with Crippen molar-refractivity contribution >= 4 is 9.90 Å². The molecule has 51 valence electrons. The summed E-state index contributed by atoms with van der Waals surface area (Å²) in [5.74, 6) is 0. The monoisotopic (exact) mass is 179 g/mol. The van der Waals surface area contributed by atoms with Crippen LogP contribution in [-0.2, 0) is 17.1 Å². The average molecular weight is 180 g/mol. The molecule has 0 amide bonds. The van der Waals surface area contributed by atoms with Crippen LogP contribution in [0.4, 0.5) is 0 Å². The van der Waals surface area contributed by atoms with E-state index in [2.05, 4.69) is 0 Å². The van der Waals surface area contributed by atoms with Crippen molar-refractivity contribution < 1.29 is 44.4 Å². The summed E-state index contributed by atoms with van der Waals surface area (Å²) < 4.78 is 0. The molecule has 0 saturated heterocycles. The van der Waals surface area contributed by atoms with Gasteiger partial charge in [0.1, 0.15) is 0 Å². The van der Waals surface area contributed by atoms with Crippen LogP contribution < -0.4 is 0 Å². The van der Waals surface area contributed by atoms with E-state index in [1.165, 1.54) is 0 Å². The molecule has 7 heteroatoms. The first-order valence-corrected chi connectivity index (χ1v) is 0. The van der Waals surface area contributed by atoms with E-state index < -0.39 is 0 Å². The predicted octanol–water partition coefficient (Wildman–Crippen LogP) is -0.0253. The Bertz CT molecular complexity index is 8.04. The molecule has 0 aliphatic heterocycles. The summed E-state index contributed by atoms with van der Waals surface area (Å²) >= 11 is 0. The third kappa shape index (κ3) is 271. The molecule has 0 unspecified atom stereocenters. The molecule has 0 aromatic carbocycles. The van der Waals surface area contributed by atoms with Crippen molar-refractivity contribution in [1.29, 1.82) is 0 Å². The van der Waals surface area contributed by atoms with Gasteiger partial charge in [0.15, 0.2) is 0 Å². The first-order valence-electron chi connectivity index (χ1n) is 0. The smallest absolute Gasteiger partial charge is 0.870 e. The molecule has 5 N–H and O–H groups in total. The van der Waals surface area contributed by atoms with E-state index in [1.54, 1.807) is 0 Å². The van der Waals surface area contributed by atoms with E-state index in [4.69, 9.17) is 0 Å². The fourth-order valence-corrected chi connectivity index (χ4v) is 0. The second kappa shape index (κ2) is 397. The Labute approximate surface area is 55.1 Å². The van der Waals surface area contributed by atoms with Crippen LogP contribution >= 0.6 is 9.90 Å². The fourth-order valence-electron chi connectivity index (χ4n) is 0. The Balaban J connectivity index is 0. The zero-order chi connectivity index (χ0) is 0. The van der Waals surface area contributed by atoms with Crippen LogP contribution in [0, 0.1) is 0 Å². The Morgan fingerprint density at radius 2 is 0.429 bits per heavy atom. The average Bonchev–Trinajstić information content (AvgIpc) is 0. The van der Waals surface area contributed by atoms with Gasteiger partial charge in [-0.3, -0.25) is 0 Å². The maximum Gasteiger partial charge on any atom is 3.00 e. The Kier molecular flexibility index (Phi) is 35700. The summed E-state index contributed by atoms with van der Waals surface area (Å²) in [6, 6.07) is 0. The summed E-state index contributed by atoms with van der Waals surface area (Å²) in [4.78, 5) is 0. The summed E-state index contributed by atoms with van der Waals surface area (Å²) in [5.41, 5.74) is 0. The van der Waals surface area contributed by atoms with Crippen LogP contribution in [0.25, 0.3) is 0 Å². The first-order chi connectivity index (χ1) is 0. The van der Waals surface area contributed by atoms with Crippen molar-refractivity contribution in [3.8, 4) is 0 Å². The molecule has 0 spiro atoms. The first kappa shape index (κ1) is 628. The Morgan fingerprint density at radius 3 is 0.429 bits per heavy atom. The van der Waals surface area contributed by atoms with E-state index in [0.717, 1.165) is 0 Å². The van der Waals surface area contributed by atoms with Gasteiger partial charge in [0.2, 0.25) is 0 Å². The van der Waals surface area contributed by atoms with Gasteiger partial charge in [-0.2, -0.15) is 0 Å². The molecule has 7 heavy (non-hydrogen) atoms. The molecule has 0 aromatic heterocycles. The largest absolute Gasteiger partial charge is 3.00 e. The molecule has 5 nitrogen and oxygen atoms in total. The van der Waals surface area contributed by atoms with Crippen LogP contribution in [0.15, 0.2) is 0 Å².